The molecular weight excluding hydrogens is 278 g/mol. The summed E-state index contributed by atoms with van der Waals surface area (Å²) < 4.78 is 0. The van der Waals surface area contributed by atoms with Crippen molar-refractivity contribution < 1.29 is 14.7 Å². The largest absolute Gasteiger partial charge is 0.481 e. The van der Waals surface area contributed by atoms with Gasteiger partial charge in [-0.2, -0.15) is 0 Å². The number of carboxylic acids is 1. The van der Waals surface area contributed by atoms with Gasteiger partial charge in [-0.1, -0.05) is 23.7 Å². The van der Waals surface area contributed by atoms with E-state index in [9.17, 15) is 9.59 Å². The van der Waals surface area contributed by atoms with Gasteiger partial charge in [0.05, 0.1) is 11.8 Å². The van der Waals surface area contributed by atoms with Gasteiger partial charge in [-0.05, 0) is 37.5 Å². The van der Waals surface area contributed by atoms with E-state index in [0.717, 1.165) is 18.4 Å². The Labute approximate surface area is 123 Å². The first-order valence-corrected chi connectivity index (χ1v) is 7.14. The summed E-state index contributed by atoms with van der Waals surface area (Å²) in [4.78, 5) is 25.0. The molecule has 1 N–H and O–H groups in total. The molecule has 0 radical (unpaired) electrons. The standard InChI is InChI=1S/C15H18ClNO3/c1-2-17(10-7-13(18)19)14(20)15(8-9-15)11-3-5-12(16)6-4-11/h3-6H,2,7-10H2,1H3,(H,18,19). The van der Waals surface area contributed by atoms with Gasteiger partial charge in [0.1, 0.15) is 0 Å². The topological polar surface area (TPSA) is 57.6 Å². The van der Waals surface area contributed by atoms with Crippen LogP contribution in [0.15, 0.2) is 24.3 Å². The molecule has 5 heteroatoms. The Bertz CT molecular complexity index is 508. The highest BCUT2D eigenvalue weighted by Gasteiger charge is 2.52. The van der Waals surface area contributed by atoms with Crippen molar-refractivity contribution in [3.8, 4) is 0 Å². The van der Waals surface area contributed by atoms with Gasteiger partial charge in [-0.3, -0.25) is 9.59 Å². The van der Waals surface area contributed by atoms with Gasteiger partial charge in [0, 0.05) is 18.1 Å². The van der Waals surface area contributed by atoms with E-state index in [0.29, 0.717) is 11.6 Å². The summed E-state index contributed by atoms with van der Waals surface area (Å²) >= 11 is 5.88. The van der Waals surface area contributed by atoms with Crippen molar-refractivity contribution in [2.24, 2.45) is 0 Å². The summed E-state index contributed by atoms with van der Waals surface area (Å²) in [6, 6.07) is 7.35. The average Bonchev–Trinajstić information content (AvgIpc) is 3.21. The quantitative estimate of drug-likeness (QED) is 0.878. The molecule has 0 atom stereocenters. The van der Waals surface area contributed by atoms with Crippen LogP contribution in [-0.4, -0.2) is 35.0 Å². The van der Waals surface area contributed by atoms with E-state index < -0.39 is 11.4 Å². The lowest BCUT2D eigenvalue weighted by molar-refractivity contribution is -0.139. The molecule has 1 fully saturated rings. The van der Waals surface area contributed by atoms with Crippen molar-refractivity contribution in [3.63, 3.8) is 0 Å². The molecule has 0 aromatic heterocycles. The first-order chi connectivity index (χ1) is 9.49. The number of likely N-dealkylation sites (N-methyl/N-ethyl adjacent to an activating group) is 1. The summed E-state index contributed by atoms with van der Waals surface area (Å²) in [5.41, 5.74) is 0.514. The second kappa shape index (κ2) is 5.83. The number of carboxylic acid groups (broad SMARTS) is 1. The normalized spacial score (nSPS) is 15.7. The van der Waals surface area contributed by atoms with Crippen LogP contribution < -0.4 is 0 Å². The lowest BCUT2D eigenvalue weighted by atomic mass is 9.94. The van der Waals surface area contributed by atoms with Crippen molar-refractivity contribution >= 4 is 23.5 Å². The third kappa shape index (κ3) is 2.96. The molecule has 108 valence electrons. The van der Waals surface area contributed by atoms with Crippen molar-refractivity contribution in [1.29, 1.82) is 0 Å². The number of rotatable bonds is 6. The summed E-state index contributed by atoms with van der Waals surface area (Å²) in [6.45, 7) is 2.67. The van der Waals surface area contributed by atoms with E-state index in [4.69, 9.17) is 16.7 Å². The maximum Gasteiger partial charge on any atom is 0.305 e. The number of benzene rings is 1. The summed E-state index contributed by atoms with van der Waals surface area (Å²) in [7, 11) is 0. The fraction of sp³-hybridized carbons (Fsp3) is 0.467. The molecule has 1 aromatic carbocycles. The minimum absolute atomic E-state index is 0.0176. The van der Waals surface area contributed by atoms with Crippen molar-refractivity contribution in [1.82, 2.24) is 4.90 Å². The van der Waals surface area contributed by atoms with Crippen LogP contribution in [0, 0.1) is 0 Å². The molecule has 0 bridgehead atoms. The number of carbonyl (C=O) groups is 2. The number of halogens is 1. The Morgan fingerprint density at radius 1 is 1.30 bits per heavy atom. The highest BCUT2D eigenvalue weighted by atomic mass is 35.5. The fourth-order valence-corrected chi connectivity index (χ4v) is 2.58. The van der Waals surface area contributed by atoms with Crippen molar-refractivity contribution in [2.45, 2.75) is 31.6 Å². The molecule has 4 nitrogen and oxygen atoms in total. The Morgan fingerprint density at radius 2 is 1.90 bits per heavy atom. The number of carbonyl (C=O) groups excluding carboxylic acids is 1. The molecule has 1 aliphatic rings. The number of hydrogen-bond donors (Lipinski definition) is 1. The fourth-order valence-electron chi connectivity index (χ4n) is 2.46. The summed E-state index contributed by atoms with van der Waals surface area (Å²) in [5, 5.41) is 9.40. The number of aliphatic carboxylic acids is 1. The lowest BCUT2D eigenvalue weighted by Crippen LogP contribution is -2.40. The first kappa shape index (κ1) is 14.9. The van der Waals surface area contributed by atoms with Gasteiger partial charge in [-0.25, -0.2) is 0 Å². The zero-order valence-electron chi connectivity index (χ0n) is 11.4. The number of nitrogens with zero attached hydrogens (tertiary/aromatic N) is 1. The van der Waals surface area contributed by atoms with E-state index in [2.05, 4.69) is 0 Å². The molecule has 0 heterocycles. The minimum atomic E-state index is -0.882. The number of hydrogen-bond acceptors (Lipinski definition) is 2. The van der Waals surface area contributed by atoms with Gasteiger partial charge in [0.25, 0.3) is 0 Å². The molecule has 1 aromatic rings. The Hall–Kier alpha value is -1.55. The third-order valence-corrected chi connectivity index (χ3v) is 4.07. The molecule has 0 saturated heterocycles. The second-order valence-electron chi connectivity index (χ2n) is 5.12. The van der Waals surface area contributed by atoms with E-state index in [1.165, 1.54) is 0 Å². The van der Waals surface area contributed by atoms with Crippen molar-refractivity contribution in [2.75, 3.05) is 13.1 Å². The van der Waals surface area contributed by atoms with E-state index in [-0.39, 0.29) is 18.9 Å². The Kier molecular flexibility index (Phi) is 4.33. The van der Waals surface area contributed by atoms with Crippen LogP contribution in [0.2, 0.25) is 5.02 Å². The van der Waals surface area contributed by atoms with Gasteiger partial charge in [0.2, 0.25) is 5.91 Å². The highest BCUT2D eigenvalue weighted by Crippen LogP contribution is 2.49. The van der Waals surface area contributed by atoms with E-state index in [1.807, 2.05) is 19.1 Å². The maximum atomic E-state index is 12.7. The van der Waals surface area contributed by atoms with Crippen LogP contribution >= 0.6 is 11.6 Å². The van der Waals surface area contributed by atoms with Crippen LogP contribution in [-0.2, 0) is 15.0 Å². The van der Waals surface area contributed by atoms with Crippen LogP contribution in [0.4, 0.5) is 0 Å². The lowest BCUT2D eigenvalue weighted by Gasteiger charge is -2.26. The first-order valence-electron chi connectivity index (χ1n) is 6.77. The van der Waals surface area contributed by atoms with Crippen LogP contribution in [0.5, 0.6) is 0 Å². The smallest absolute Gasteiger partial charge is 0.305 e. The SMILES string of the molecule is CCN(CCC(=O)O)C(=O)C1(c2ccc(Cl)cc2)CC1. The molecule has 2 rings (SSSR count). The van der Waals surface area contributed by atoms with E-state index in [1.54, 1.807) is 17.0 Å². The molecule has 0 aliphatic heterocycles. The maximum absolute atomic E-state index is 12.7. The molecule has 1 saturated carbocycles. The van der Waals surface area contributed by atoms with Crippen LogP contribution in [0.25, 0.3) is 0 Å². The summed E-state index contributed by atoms with van der Waals surface area (Å²) in [6.07, 6.45) is 1.62. The van der Waals surface area contributed by atoms with Gasteiger partial charge < -0.3 is 10.0 Å². The zero-order chi connectivity index (χ0) is 14.8. The monoisotopic (exact) mass is 295 g/mol. The summed E-state index contributed by atoms with van der Waals surface area (Å²) in [5.74, 6) is -0.851. The van der Waals surface area contributed by atoms with E-state index >= 15 is 0 Å². The van der Waals surface area contributed by atoms with Gasteiger partial charge in [0.15, 0.2) is 0 Å². The van der Waals surface area contributed by atoms with Gasteiger partial charge in [-0.15, -0.1) is 0 Å². The second-order valence-corrected chi connectivity index (χ2v) is 5.55. The Balaban J connectivity index is 2.14. The van der Waals surface area contributed by atoms with Crippen LogP contribution in [0.1, 0.15) is 31.7 Å². The average molecular weight is 296 g/mol. The Morgan fingerprint density at radius 3 is 2.35 bits per heavy atom. The molecule has 0 spiro atoms. The predicted molar refractivity (Wildman–Crippen MR) is 76.9 cm³/mol. The number of amides is 1. The van der Waals surface area contributed by atoms with Crippen LogP contribution in [0.3, 0.4) is 0 Å². The highest BCUT2D eigenvalue weighted by molar-refractivity contribution is 6.30. The molecule has 1 aliphatic carbocycles. The van der Waals surface area contributed by atoms with Gasteiger partial charge >= 0.3 is 5.97 Å². The minimum Gasteiger partial charge on any atom is -0.481 e. The van der Waals surface area contributed by atoms with Crippen molar-refractivity contribution in [3.05, 3.63) is 34.9 Å². The molecular formula is C15H18ClNO3. The molecule has 20 heavy (non-hydrogen) atoms. The molecule has 0 unspecified atom stereocenters. The third-order valence-electron chi connectivity index (χ3n) is 3.82. The molecule has 1 amide bonds. The predicted octanol–water partition coefficient (Wildman–Crippen LogP) is 2.69. The zero-order valence-corrected chi connectivity index (χ0v) is 12.2.